The van der Waals surface area contributed by atoms with Crippen LogP contribution >= 0.6 is 0 Å². The molecule has 0 aromatic carbocycles. The third kappa shape index (κ3) is 7.29. The highest BCUT2D eigenvalue weighted by Gasteiger charge is 2.32. The minimum absolute atomic E-state index is 0.0871. The van der Waals surface area contributed by atoms with E-state index in [0.717, 1.165) is 64.1 Å². The number of H-pyrrole nitrogens is 1. The van der Waals surface area contributed by atoms with Crippen LogP contribution in [0.25, 0.3) is 11.2 Å². The summed E-state index contributed by atoms with van der Waals surface area (Å²) in [5.74, 6) is 1.45. The fraction of sp³-hybridized carbons (Fsp3) is 0.828. The van der Waals surface area contributed by atoms with Crippen molar-refractivity contribution in [3.05, 3.63) is 10.5 Å². The van der Waals surface area contributed by atoms with E-state index >= 15 is 0 Å². The van der Waals surface area contributed by atoms with Gasteiger partial charge in [-0.2, -0.15) is 9.97 Å². The number of likely N-dealkylation sites (tertiary alicyclic amines) is 2. The van der Waals surface area contributed by atoms with Gasteiger partial charge in [-0.25, -0.2) is 4.79 Å². The van der Waals surface area contributed by atoms with Crippen LogP contribution in [-0.4, -0.2) is 75.2 Å². The Bertz CT molecular complexity index is 1050. The summed E-state index contributed by atoms with van der Waals surface area (Å²) in [5, 5.41) is 0. The first-order valence-corrected chi connectivity index (χ1v) is 15.4. The van der Waals surface area contributed by atoms with E-state index in [9.17, 15) is 4.79 Å². The fourth-order valence-corrected chi connectivity index (χ4v) is 6.70. The molecule has 4 rings (SSSR count). The lowest BCUT2D eigenvalue weighted by Crippen LogP contribution is -2.41. The van der Waals surface area contributed by atoms with Crippen LogP contribution < -0.4 is 16.2 Å². The van der Waals surface area contributed by atoms with Crippen LogP contribution in [0.15, 0.2) is 4.79 Å². The summed E-state index contributed by atoms with van der Waals surface area (Å²) in [7, 11) is 0. The van der Waals surface area contributed by atoms with Gasteiger partial charge in [-0.05, 0) is 95.8 Å². The fourth-order valence-electron chi connectivity index (χ4n) is 6.70. The van der Waals surface area contributed by atoms with Crippen molar-refractivity contribution in [3.63, 3.8) is 0 Å². The molecule has 3 N–H and O–H groups in total. The number of nitrogens with two attached hydrogens (primary N) is 1. The van der Waals surface area contributed by atoms with Crippen molar-refractivity contribution in [3.8, 4) is 6.01 Å². The molecule has 9 heteroatoms. The minimum atomic E-state index is -0.129. The van der Waals surface area contributed by atoms with Gasteiger partial charge in [0.2, 0.25) is 0 Å². The van der Waals surface area contributed by atoms with Crippen molar-refractivity contribution in [2.24, 2.45) is 11.8 Å². The minimum Gasteiger partial charge on any atom is -0.463 e. The van der Waals surface area contributed by atoms with Crippen molar-refractivity contribution in [2.45, 2.75) is 97.4 Å². The van der Waals surface area contributed by atoms with E-state index in [1.165, 1.54) is 51.7 Å². The molecule has 2 aromatic heterocycles. The monoisotopic (exact) mass is 529 g/mol. The molecular weight excluding hydrogens is 478 g/mol. The number of aromatic amines is 1. The van der Waals surface area contributed by atoms with Crippen molar-refractivity contribution in [1.82, 2.24) is 29.3 Å². The number of anilines is 1. The first-order chi connectivity index (χ1) is 18.5. The highest BCUT2D eigenvalue weighted by molar-refractivity contribution is 5.82. The number of imidazole rings is 1. The van der Waals surface area contributed by atoms with Crippen LogP contribution in [0.5, 0.6) is 6.01 Å². The SMILES string of the molecule is CCCCOc1nc(N)c2[nH]c(=O)n(C(CCCC3CCCN(CCC)C3)C3CCCN(CCC)C3)c2n1. The predicted octanol–water partition coefficient (Wildman–Crippen LogP) is 4.84. The van der Waals surface area contributed by atoms with Gasteiger partial charge in [0.1, 0.15) is 5.52 Å². The standard InChI is InChI=1S/C29H51N7O2/c1-4-7-19-38-28-32-26(30)25-27(33-28)36(29(37)31-25)24(23-13-10-18-35(21-23)16-6-3)14-8-11-22-12-9-17-34(20-22)15-5-2/h22-24H,4-21H2,1-3H3,(H,31,37)(H2,30,32,33). The Morgan fingerprint density at radius 1 is 1.00 bits per heavy atom. The first-order valence-electron chi connectivity index (χ1n) is 15.4. The molecule has 0 saturated carbocycles. The topological polar surface area (TPSA) is 105 Å². The zero-order chi connectivity index (χ0) is 26.9. The Morgan fingerprint density at radius 3 is 2.47 bits per heavy atom. The zero-order valence-electron chi connectivity index (χ0n) is 24.1. The number of nitrogen functional groups attached to an aromatic ring is 1. The van der Waals surface area contributed by atoms with Gasteiger partial charge >= 0.3 is 11.7 Å². The summed E-state index contributed by atoms with van der Waals surface area (Å²) >= 11 is 0. The molecule has 0 aliphatic carbocycles. The average Bonchev–Trinajstić information content (AvgIpc) is 3.24. The number of rotatable bonds is 14. The molecule has 2 aromatic rings. The normalized spacial score (nSPS) is 22.2. The maximum absolute atomic E-state index is 13.5. The van der Waals surface area contributed by atoms with Gasteiger partial charge in [-0.3, -0.25) is 4.57 Å². The number of ether oxygens (including phenoxy) is 1. The van der Waals surface area contributed by atoms with Crippen LogP contribution in [0.1, 0.15) is 97.4 Å². The molecule has 3 unspecified atom stereocenters. The molecule has 214 valence electrons. The van der Waals surface area contributed by atoms with Crippen LogP contribution in [-0.2, 0) is 0 Å². The summed E-state index contributed by atoms with van der Waals surface area (Å²) in [5.41, 5.74) is 7.29. The van der Waals surface area contributed by atoms with Gasteiger partial charge in [0.25, 0.3) is 0 Å². The summed E-state index contributed by atoms with van der Waals surface area (Å²) in [6, 6.07) is 0.355. The van der Waals surface area contributed by atoms with E-state index in [1.54, 1.807) is 0 Å². The Balaban J connectivity index is 1.58. The second-order valence-corrected chi connectivity index (χ2v) is 11.6. The molecule has 2 fully saturated rings. The molecule has 9 nitrogen and oxygen atoms in total. The molecule has 3 atom stereocenters. The van der Waals surface area contributed by atoms with E-state index < -0.39 is 0 Å². The summed E-state index contributed by atoms with van der Waals surface area (Å²) in [6.07, 6.45) is 12.6. The van der Waals surface area contributed by atoms with Gasteiger partial charge < -0.3 is 25.3 Å². The van der Waals surface area contributed by atoms with Crippen LogP contribution in [0, 0.1) is 11.8 Å². The van der Waals surface area contributed by atoms with Crippen molar-refractivity contribution in [1.29, 1.82) is 0 Å². The second-order valence-electron chi connectivity index (χ2n) is 11.6. The first kappa shape index (κ1) is 28.9. The zero-order valence-corrected chi connectivity index (χ0v) is 24.1. The molecular formula is C29H51N7O2. The molecule has 2 aliphatic rings. The third-order valence-electron chi connectivity index (χ3n) is 8.52. The Labute approximate surface area is 228 Å². The lowest BCUT2D eigenvalue weighted by Gasteiger charge is -2.38. The quantitative estimate of drug-likeness (QED) is 0.338. The Kier molecular flexibility index (Phi) is 10.9. The van der Waals surface area contributed by atoms with Gasteiger partial charge in [0.05, 0.1) is 6.61 Å². The Morgan fingerprint density at radius 2 is 1.74 bits per heavy atom. The highest BCUT2D eigenvalue weighted by Crippen LogP contribution is 2.34. The van der Waals surface area contributed by atoms with Gasteiger partial charge in [-0.15, -0.1) is 0 Å². The average molecular weight is 530 g/mol. The number of nitrogens with zero attached hydrogens (tertiary/aromatic N) is 5. The van der Waals surface area contributed by atoms with Crippen molar-refractivity contribution in [2.75, 3.05) is 51.6 Å². The molecule has 0 amide bonds. The van der Waals surface area contributed by atoms with Crippen LogP contribution in [0.2, 0.25) is 0 Å². The second kappa shape index (κ2) is 14.3. The van der Waals surface area contributed by atoms with E-state index in [4.69, 9.17) is 15.5 Å². The maximum atomic E-state index is 13.5. The van der Waals surface area contributed by atoms with Gasteiger partial charge in [0.15, 0.2) is 11.5 Å². The number of fused-ring (bicyclic) bond motifs is 1. The molecule has 0 radical (unpaired) electrons. The summed E-state index contributed by atoms with van der Waals surface area (Å²) < 4.78 is 7.73. The molecule has 0 spiro atoms. The highest BCUT2D eigenvalue weighted by atomic mass is 16.5. The lowest BCUT2D eigenvalue weighted by molar-refractivity contribution is 0.127. The van der Waals surface area contributed by atoms with Crippen LogP contribution in [0.4, 0.5) is 5.82 Å². The lowest BCUT2D eigenvalue weighted by atomic mass is 9.85. The number of piperidine rings is 2. The van der Waals surface area contributed by atoms with E-state index in [2.05, 4.69) is 40.5 Å². The van der Waals surface area contributed by atoms with Crippen molar-refractivity contribution < 1.29 is 4.74 Å². The molecule has 38 heavy (non-hydrogen) atoms. The van der Waals surface area contributed by atoms with Crippen molar-refractivity contribution >= 4 is 17.0 Å². The smallest absolute Gasteiger partial charge is 0.328 e. The molecule has 2 aliphatic heterocycles. The number of nitrogens with one attached hydrogen (secondary N) is 1. The molecule has 2 saturated heterocycles. The molecule has 4 heterocycles. The maximum Gasteiger partial charge on any atom is 0.328 e. The van der Waals surface area contributed by atoms with E-state index in [-0.39, 0.29) is 23.6 Å². The Hall–Kier alpha value is -2.13. The van der Waals surface area contributed by atoms with E-state index in [1.807, 2.05) is 4.57 Å². The summed E-state index contributed by atoms with van der Waals surface area (Å²) in [6.45, 7) is 14.2. The number of hydrogen-bond acceptors (Lipinski definition) is 7. The molecule has 0 bridgehead atoms. The van der Waals surface area contributed by atoms with Gasteiger partial charge in [-0.1, -0.05) is 33.6 Å². The number of unbranched alkanes of at least 4 members (excludes halogenated alkanes) is 1. The number of hydrogen-bond donors (Lipinski definition) is 2. The largest absolute Gasteiger partial charge is 0.463 e. The summed E-state index contributed by atoms with van der Waals surface area (Å²) in [4.78, 5) is 30.7. The van der Waals surface area contributed by atoms with E-state index in [0.29, 0.717) is 23.7 Å². The van der Waals surface area contributed by atoms with Gasteiger partial charge in [0, 0.05) is 19.1 Å². The third-order valence-corrected chi connectivity index (χ3v) is 8.52. The number of aromatic nitrogens is 4. The van der Waals surface area contributed by atoms with Crippen LogP contribution in [0.3, 0.4) is 0 Å². The predicted molar refractivity (Wildman–Crippen MR) is 155 cm³/mol.